The van der Waals surface area contributed by atoms with Gasteiger partial charge in [0.05, 0.1) is 19.5 Å². The topological polar surface area (TPSA) is 391 Å². The van der Waals surface area contributed by atoms with E-state index in [1.54, 1.807) is 0 Å². The molecule has 2 unspecified atom stereocenters. The summed E-state index contributed by atoms with van der Waals surface area (Å²) >= 11 is 0. The average molecular weight is 763 g/mol. The fraction of sp³-hybridized carbons (Fsp3) is 0.560. The van der Waals surface area contributed by atoms with Crippen molar-refractivity contribution >= 4 is 44.5 Å². The molecule has 0 bridgehead atoms. The second-order valence-electron chi connectivity index (χ2n) is 12.2. The fourth-order valence-corrected chi connectivity index (χ4v) is 8.39. The number of phosphoric ester groups is 2. The molecular formula is C25H32N8O16P2-2. The number of nitrogens with two attached hydrogens (primary N) is 2. The van der Waals surface area contributed by atoms with Gasteiger partial charge in [0.15, 0.2) is 29.5 Å². The number of hydrogen-bond donors (Lipinski definition) is 7. The minimum Gasteiger partial charge on any atom is -0.756 e. The van der Waals surface area contributed by atoms with Gasteiger partial charge >= 0.3 is 0 Å². The SMILES string of the molecule is NC(=O)C1=CN([C@@H]2O[C@H](COP(=O)([O-])OP(=O)([O-])OC[C@H]3O[C@@H](n4cnc5c(N)ncnc54)[C@H](O)[C@@H]3O)[C@@H](O)[C@H]2O)C=C2[C@H]1CC[C@@]2([NH3+])C(=O)[O-]. The number of carboxylic acids is 1. The number of nitrogen functional groups attached to an aromatic ring is 1. The Morgan fingerprint density at radius 3 is 2.16 bits per heavy atom. The van der Waals surface area contributed by atoms with Crippen LogP contribution in [-0.4, -0.2) is 118 Å². The molecule has 3 fully saturated rings. The molecule has 0 radical (unpaired) electrons. The molecule has 1 saturated carbocycles. The Hall–Kier alpha value is -3.45. The number of nitrogens with zero attached hydrogens (tertiary/aromatic N) is 5. The van der Waals surface area contributed by atoms with Crippen LogP contribution in [0.4, 0.5) is 5.82 Å². The van der Waals surface area contributed by atoms with E-state index in [0.717, 1.165) is 11.2 Å². The highest BCUT2D eigenvalue weighted by atomic mass is 31.3. The standard InChI is InChI=1S/C25H34N8O16P2/c26-19-14-21(30-7-29-19)33(8-31-14)23-18(37)16(35)13(48-23)6-46-51(43,44)49-50(41,42)45-5-12-15(34)17(36)22(47-12)32-3-10(20(27)38)9-1-2-25(28,24(39)40)11(9)4-32/h3-4,7-9,12-13,15-18,22-23,34-37H,1-2,5-6,28H2,(H2,27,38)(H,39,40)(H,41,42)(H,43,44)(H2,26,29,30)/p-2/t9-,12+,13+,15+,16+,17+,18+,22+,23+,25-/m0/s1. The Bertz CT molecular complexity index is 1880. The Balaban J connectivity index is 1.06. The van der Waals surface area contributed by atoms with Gasteiger partial charge in [-0.25, -0.2) is 19.3 Å². The number of carbonyl (C=O) groups is 2. The summed E-state index contributed by atoms with van der Waals surface area (Å²) in [5.74, 6) is -3.13. The second-order valence-corrected chi connectivity index (χ2v) is 15.1. The first-order valence-corrected chi connectivity index (χ1v) is 17.9. The number of hydrogen-bond acceptors (Lipinski definition) is 21. The van der Waals surface area contributed by atoms with E-state index < -0.39 is 101 Å². The van der Waals surface area contributed by atoms with E-state index in [9.17, 15) is 54.0 Å². The van der Waals surface area contributed by atoms with E-state index in [2.05, 4.69) is 34.0 Å². The molecule has 2 aromatic heterocycles. The lowest BCUT2D eigenvalue weighted by molar-refractivity contribution is -0.472. The molecule has 6 rings (SSSR count). The molecule has 2 aromatic rings. The summed E-state index contributed by atoms with van der Waals surface area (Å²) in [4.78, 5) is 61.8. The van der Waals surface area contributed by atoms with Gasteiger partial charge in [-0.3, -0.25) is 18.5 Å². The summed E-state index contributed by atoms with van der Waals surface area (Å²) in [6, 6.07) is 0. The first kappa shape index (κ1) is 37.3. The van der Waals surface area contributed by atoms with Crippen molar-refractivity contribution in [1.82, 2.24) is 24.4 Å². The van der Waals surface area contributed by atoms with Crippen LogP contribution in [0.5, 0.6) is 0 Å². The van der Waals surface area contributed by atoms with Crippen LogP contribution in [0.15, 0.2) is 36.2 Å². The second kappa shape index (κ2) is 13.5. The van der Waals surface area contributed by atoms with Crippen molar-refractivity contribution in [1.29, 1.82) is 0 Å². The van der Waals surface area contributed by atoms with Gasteiger partial charge in [-0.2, -0.15) is 0 Å². The third kappa shape index (κ3) is 6.92. The number of carboxylic acid groups (broad SMARTS) is 1. The van der Waals surface area contributed by atoms with Crippen LogP contribution in [0.25, 0.3) is 11.2 Å². The monoisotopic (exact) mass is 762 g/mol. The van der Waals surface area contributed by atoms with Crippen molar-refractivity contribution in [3.63, 3.8) is 0 Å². The van der Waals surface area contributed by atoms with Gasteiger partial charge in [-0.15, -0.1) is 0 Å². The maximum absolute atomic E-state index is 12.5. The van der Waals surface area contributed by atoms with E-state index in [1.165, 1.54) is 23.3 Å². The Morgan fingerprint density at radius 1 is 0.980 bits per heavy atom. The number of amides is 1. The van der Waals surface area contributed by atoms with Crippen molar-refractivity contribution in [3.8, 4) is 0 Å². The van der Waals surface area contributed by atoms with Crippen LogP contribution in [0.2, 0.25) is 0 Å². The third-order valence-corrected chi connectivity index (χ3v) is 11.6. The summed E-state index contributed by atoms with van der Waals surface area (Å²) in [7, 11) is -11.6. The summed E-state index contributed by atoms with van der Waals surface area (Å²) < 4.78 is 50.4. The molecular weight excluding hydrogens is 730 g/mol. The van der Waals surface area contributed by atoms with Crippen molar-refractivity contribution in [3.05, 3.63) is 36.2 Å². The maximum Gasteiger partial charge on any atom is 0.274 e. The number of aliphatic carboxylic acids is 1. The van der Waals surface area contributed by atoms with Crippen molar-refractivity contribution in [2.45, 2.75) is 67.5 Å². The van der Waals surface area contributed by atoms with Gasteiger partial charge in [0, 0.05) is 35.9 Å². The van der Waals surface area contributed by atoms with E-state index in [0.29, 0.717) is 0 Å². The lowest BCUT2D eigenvalue weighted by Gasteiger charge is -2.35. The molecule has 26 heteroatoms. The molecule has 1 amide bonds. The van der Waals surface area contributed by atoms with Crippen molar-refractivity contribution in [2.24, 2.45) is 11.7 Å². The third-order valence-electron chi connectivity index (χ3n) is 9.04. The van der Waals surface area contributed by atoms with Gasteiger partial charge in [0.2, 0.25) is 5.91 Å². The van der Waals surface area contributed by atoms with Gasteiger partial charge in [0.25, 0.3) is 15.6 Å². The number of phosphoric acid groups is 2. The first-order valence-electron chi connectivity index (χ1n) is 15.0. The lowest BCUT2D eigenvalue weighted by atomic mass is 9.85. The fourth-order valence-electron chi connectivity index (χ4n) is 6.38. The van der Waals surface area contributed by atoms with E-state index >= 15 is 0 Å². The predicted octanol–water partition coefficient (Wildman–Crippen LogP) is -6.83. The van der Waals surface area contributed by atoms with Crippen LogP contribution >= 0.6 is 15.6 Å². The van der Waals surface area contributed by atoms with Crippen LogP contribution < -0.4 is 32.1 Å². The van der Waals surface area contributed by atoms with Crippen LogP contribution in [0.1, 0.15) is 19.1 Å². The number of imidazole rings is 1. The van der Waals surface area contributed by atoms with Crippen LogP contribution in [0, 0.1) is 5.92 Å². The smallest absolute Gasteiger partial charge is 0.274 e. The summed E-state index contributed by atoms with van der Waals surface area (Å²) in [5, 5.41) is 54.2. The minimum absolute atomic E-state index is 0.00887. The first-order chi connectivity index (χ1) is 23.8. The molecule has 51 heavy (non-hydrogen) atoms. The highest BCUT2D eigenvalue weighted by Gasteiger charge is 2.52. The van der Waals surface area contributed by atoms with Gasteiger partial charge < -0.3 is 80.7 Å². The molecule has 4 aliphatic rings. The molecule has 5 heterocycles. The number of quaternary nitrogens is 1. The van der Waals surface area contributed by atoms with E-state index in [1.807, 2.05) is 0 Å². The molecule has 0 aromatic carbocycles. The highest BCUT2D eigenvalue weighted by molar-refractivity contribution is 7.59. The number of ether oxygens (including phenoxy) is 2. The molecule has 12 atom stereocenters. The normalized spacial score (nSPS) is 36.0. The van der Waals surface area contributed by atoms with E-state index in [-0.39, 0.29) is 41.0 Å². The molecule has 0 spiro atoms. The zero-order valence-corrected chi connectivity index (χ0v) is 27.8. The van der Waals surface area contributed by atoms with Crippen LogP contribution in [-0.2, 0) is 41.6 Å². The molecule has 24 nitrogen and oxygen atoms in total. The Labute approximate surface area is 285 Å². The minimum atomic E-state index is -5.80. The number of primary amides is 1. The molecule has 11 N–H and O–H groups in total. The summed E-state index contributed by atoms with van der Waals surface area (Å²) in [6.07, 6.45) is -8.15. The number of aliphatic hydroxyl groups excluding tert-OH is 4. The Kier molecular flexibility index (Phi) is 9.88. The average Bonchev–Trinajstić information content (AvgIpc) is 3.79. The molecule has 2 saturated heterocycles. The van der Waals surface area contributed by atoms with Crippen molar-refractivity contribution < 1.29 is 82.6 Å². The number of aliphatic hydroxyl groups is 4. The zero-order chi connectivity index (χ0) is 37.2. The Morgan fingerprint density at radius 2 is 1.57 bits per heavy atom. The summed E-state index contributed by atoms with van der Waals surface area (Å²) in [6.45, 7) is -2.13. The highest BCUT2D eigenvalue weighted by Crippen LogP contribution is 2.56. The molecule has 1 aliphatic carbocycles. The zero-order valence-electron chi connectivity index (χ0n) is 26.0. The number of anilines is 1. The van der Waals surface area contributed by atoms with Gasteiger partial charge in [-0.1, -0.05) is 0 Å². The van der Waals surface area contributed by atoms with Crippen molar-refractivity contribution in [2.75, 3.05) is 18.9 Å². The molecule has 280 valence electrons. The molecule has 3 aliphatic heterocycles. The van der Waals surface area contributed by atoms with Gasteiger partial charge in [-0.05, 0) is 6.42 Å². The number of carbonyl (C=O) groups excluding carboxylic acids is 2. The largest absolute Gasteiger partial charge is 0.756 e. The van der Waals surface area contributed by atoms with E-state index in [4.69, 9.17) is 20.9 Å². The van der Waals surface area contributed by atoms with Crippen LogP contribution in [0.3, 0.4) is 0 Å². The number of aromatic nitrogens is 4. The van der Waals surface area contributed by atoms with Gasteiger partial charge in [0.1, 0.15) is 54.4 Å². The lowest BCUT2D eigenvalue weighted by Crippen LogP contribution is -2.79. The number of rotatable bonds is 12. The number of fused-ring (bicyclic) bond motifs is 2. The maximum atomic E-state index is 12.5. The quantitative estimate of drug-likeness (QED) is 0.0988. The summed E-state index contributed by atoms with van der Waals surface area (Å²) in [5.41, 5.74) is 13.6. The predicted molar refractivity (Wildman–Crippen MR) is 155 cm³/mol.